The molecule has 5 N–H and O–H groups in total. The van der Waals surface area contributed by atoms with Crippen molar-refractivity contribution in [1.29, 1.82) is 0 Å². The summed E-state index contributed by atoms with van der Waals surface area (Å²) in [7, 11) is -3.00. The van der Waals surface area contributed by atoms with Crippen LogP contribution < -0.4 is 20.1 Å². The summed E-state index contributed by atoms with van der Waals surface area (Å²) in [5.41, 5.74) is 1.02. The van der Waals surface area contributed by atoms with E-state index in [1.165, 1.54) is 13.4 Å². The Kier molecular flexibility index (Phi) is 12.0. The van der Waals surface area contributed by atoms with Crippen LogP contribution in [0.3, 0.4) is 0 Å². The zero-order chi connectivity index (χ0) is 33.3. The number of anilines is 3. The van der Waals surface area contributed by atoms with Gasteiger partial charge in [0, 0.05) is 54.6 Å². The van der Waals surface area contributed by atoms with Crippen LogP contribution in [0, 0.1) is 17.6 Å². The van der Waals surface area contributed by atoms with Crippen molar-refractivity contribution in [3.63, 3.8) is 0 Å². The summed E-state index contributed by atoms with van der Waals surface area (Å²) in [4.78, 5) is 41.0. The van der Waals surface area contributed by atoms with Crippen molar-refractivity contribution in [2.45, 2.75) is 26.7 Å². The van der Waals surface area contributed by atoms with Gasteiger partial charge in [-0.3, -0.25) is 14.4 Å². The van der Waals surface area contributed by atoms with E-state index in [1.54, 1.807) is 18.2 Å². The van der Waals surface area contributed by atoms with E-state index in [-0.39, 0.29) is 18.7 Å². The third-order valence-corrected chi connectivity index (χ3v) is 6.98. The number of benzene rings is 2. The quantitative estimate of drug-likeness (QED) is 0.0794. The topological polar surface area (TPSA) is 184 Å². The predicted molar refractivity (Wildman–Crippen MR) is 166 cm³/mol. The molecule has 14 nitrogen and oxygen atoms in total. The van der Waals surface area contributed by atoms with Gasteiger partial charge in [0.1, 0.15) is 23.8 Å². The number of fused-ring (bicyclic) bond motifs is 1. The lowest BCUT2D eigenvalue weighted by Gasteiger charge is -2.24. The highest BCUT2D eigenvalue weighted by atomic mass is 31.2. The summed E-state index contributed by atoms with van der Waals surface area (Å²) in [5, 5.41) is 13.1. The van der Waals surface area contributed by atoms with Crippen LogP contribution in [0.25, 0.3) is 10.9 Å². The monoisotopic (exact) mass is 663 g/mol. The Morgan fingerprint density at radius 2 is 1.80 bits per heavy atom. The fraction of sp³-hybridized carbons (Fsp3) is 0.379. The number of hydrogen-bond acceptors (Lipinski definition) is 10. The number of phosphoric ester groups is 1. The number of hydrogen-bond donors (Lipinski definition) is 5. The normalized spacial score (nSPS) is 11.8. The summed E-state index contributed by atoms with van der Waals surface area (Å²) >= 11 is 0. The van der Waals surface area contributed by atoms with Gasteiger partial charge >= 0.3 is 7.82 Å². The van der Waals surface area contributed by atoms with Crippen LogP contribution in [-0.2, 0) is 20.3 Å². The first-order valence-corrected chi connectivity index (χ1v) is 15.9. The van der Waals surface area contributed by atoms with E-state index in [9.17, 15) is 18.1 Å². The molecule has 2 heterocycles. The molecule has 2 aromatic carbocycles. The maximum absolute atomic E-state index is 13.4. The van der Waals surface area contributed by atoms with Crippen molar-refractivity contribution >= 4 is 42.0 Å². The lowest BCUT2D eigenvalue weighted by Crippen LogP contribution is -2.32. The van der Waals surface area contributed by atoms with Gasteiger partial charge in [0.15, 0.2) is 17.3 Å². The van der Waals surface area contributed by atoms with Gasteiger partial charge in [-0.15, -0.1) is 0 Å². The van der Waals surface area contributed by atoms with Gasteiger partial charge in [-0.05, 0) is 30.5 Å². The first-order valence-electron chi connectivity index (χ1n) is 14.3. The van der Waals surface area contributed by atoms with E-state index in [1.807, 2.05) is 0 Å². The fourth-order valence-corrected chi connectivity index (χ4v) is 4.97. The molecule has 0 saturated carbocycles. The molecule has 248 valence electrons. The fourth-order valence-electron chi connectivity index (χ4n) is 4.65. The highest BCUT2D eigenvalue weighted by Crippen LogP contribution is 2.36. The highest BCUT2D eigenvalue weighted by Gasteiger charge is 2.17. The number of phosphoric acid groups is 1. The molecule has 4 aromatic rings. The first-order chi connectivity index (χ1) is 21.9. The Morgan fingerprint density at radius 1 is 1.04 bits per heavy atom. The molecule has 0 aliphatic heterocycles. The second-order valence-electron chi connectivity index (χ2n) is 10.7. The molecule has 0 spiro atoms. The highest BCUT2D eigenvalue weighted by molar-refractivity contribution is 7.46. The summed E-state index contributed by atoms with van der Waals surface area (Å²) in [6.45, 7) is 6.12. The van der Waals surface area contributed by atoms with Crippen LogP contribution in [0.2, 0.25) is 0 Å². The maximum atomic E-state index is 13.4. The van der Waals surface area contributed by atoms with Crippen LogP contribution in [0.5, 0.6) is 11.5 Å². The number of carbonyl (C=O) groups is 1. The van der Waals surface area contributed by atoms with E-state index < -0.39 is 25.4 Å². The van der Waals surface area contributed by atoms with Gasteiger partial charge in [-0.25, -0.2) is 23.3 Å². The molecule has 0 aliphatic rings. The minimum Gasteiger partial charge on any atom is -0.493 e. The molecule has 0 unspecified atom stereocenters. The van der Waals surface area contributed by atoms with Crippen molar-refractivity contribution in [3.8, 4) is 11.5 Å². The predicted octanol–water partition coefficient (Wildman–Crippen LogP) is 4.40. The average Bonchev–Trinajstić information content (AvgIpc) is 3.39. The SMILES string of the molecule is COc1cc2c(Nc3cc(CC(=O)Nc4cc(F)cc(F)c4)[nH]n3)ncnc2cc1OCCCN(CCOP(=O)(O)O)CC(C)C. The first kappa shape index (κ1) is 34.7. The van der Waals surface area contributed by atoms with E-state index >= 15 is 0 Å². The van der Waals surface area contributed by atoms with E-state index in [0.29, 0.717) is 77.8 Å². The van der Waals surface area contributed by atoms with Crippen LogP contribution in [0.1, 0.15) is 26.0 Å². The molecule has 0 radical (unpaired) electrons. The minimum atomic E-state index is -4.52. The second kappa shape index (κ2) is 15.9. The van der Waals surface area contributed by atoms with Gasteiger partial charge in [0.25, 0.3) is 0 Å². The molecule has 2 aromatic heterocycles. The van der Waals surface area contributed by atoms with Gasteiger partial charge in [-0.1, -0.05) is 13.8 Å². The van der Waals surface area contributed by atoms with Crippen molar-refractivity contribution in [2.75, 3.05) is 50.6 Å². The number of ether oxygens (including phenoxy) is 2. The molecule has 0 fully saturated rings. The lowest BCUT2D eigenvalue weighted by molar-refractivity contribution is -0.115. The number of amides is 1. The van der Waals surface area contributed by atoms with Crippen molar-refractivity contribution in [2.24, 2.45) is 5.92 Å². The van der Waals surface area contributed by atoms with Crippen LogP contribution >= 0.6 is 7.82 Å². The number of nitrogens with zero attached hydrogens (tertiary/aromatic N) is 4. The molecule has 0 bridgehead atoms. The Bertz CT molecular complexity index is 1660. The summed E-state index contributed by atoms with van der Waals surface area (Å²) in [6.07, 6.45) is 1.89. The maximum Gasteiger partial charge on any atom is 0.469 e. The van der Waals surface area contributed by atoms with Gasteiger partial charge in [-0.2, -0.15) is 5.10 Å². The molecule has 46 heavy (non-hydrogen) atoms. The van der Waals surface area contributed by atoms with Crippen molar-refractivity contribution < 1.29 is 41.9 Å². The Hall–Kier alpha value is -4.21. The number of methoxy groups -OCH3 is 1. The molecule has 1 amide bonds. The number of rotatable bonds is 17. The Labute approximate surface area is 263 Å². The number of nitrogens with one attached hydrogen (secondary N) is 3. The average molecular weight is 664 g/mol. The minimum absolute atomic E-state index is 0.00405. The number of carbonyl (C=O) groups excluding carboxylic acids is 1. The standard InChI is InChI=1S/C29H36F2N7O7P/c1-18(2)16-38(6-8-45-46(40,41)42)5-4-7-44-26-15-24-23(14-25(26)43-3)29(33-17-32-24)35-27-12-22(36-37-27)13-28(39)34-21-10-19(30)9-20(31)11-21/h9-12,14-15,17-18H,4-8,13,16H2,1-3H3,(H,34,39)(H2,40,41,42)(H2,32,33,35,36,37). The molecule has 0 atom stereocenters. The van der Waals surface area contributed by atoms with Gasteiger partial charge < -0.3 is 34.8 Å². The molecule has 4 rings (SSSR count). The van der Waals surface area contributed by atoms with Crippen molar-refractivity contribution in [1.82, 2.24) is 25.1 Å². The number of aromatic nitrogens is 4. The molecule has 17 heteroatoms. The number of halogens is 2. The van der Waals surface area contributed by atoms with E-state index in [2.05, 4.69) is 54.1 Å². The van der Waals surface area contributed by atoms with Gasteiger partial charge in [0.05, 0.1) is 32.3 Å². The zero-order valence-corrected chi connectivity index (χ0v) is 26.4. The number of aromatic amines is 1. The van der Waals surface area contributed by atoms with Gasteiger partial charge in [0.2, 0.25) is 5.91 Å². The molecular weight excluding hydrogens is 627 g/mol. The van der Waals surface area contributed by atoms with Crippen LogP contribution in [0.15, 0.2) is 42.7 Å². The molecular formula is C29H36F2N7O7P. The largest absolute Gasteiger partial charge is 0.493 e. The third-order valence-electron chi connectivity index (χ3n) is 6.46. The summed E-state index contributed by atoms with van der Waals surface area (Å²) in [5.74, 6) is -0.0157. The summed E-state index contributed by atoms with van der Waals surface area (Å²) < 4.78 is 54.0. The second-order valence-corrected chi connectivity index (χ2v) is 12.0. The Morgan fingerprint density at radius 3 is 2.50 bits per heavy atom. The van der Waals surface area contributed by atoms with Crippen LogP contribution in [0.4, 0.5) is 26.1 Å². The number of H-pyrrole nitrogens is 1. The third kappa shape index (κ3) is 10.7. The smallest absolute Gasteiger partial charge is 0.469 e. The summed E-state index contributed by atoms with van der Waals surface area (Å²) in [6, 6.07) is 7.83. The van der Waals surface area contributed by atoms with E-state index in [0.717, 1.165) is 18.7 Å². The zero-order valence-electron chi connectivity index (χ0n) is 25.5. The molecule has 0 saturated heterocycles. The van der Waals surface area contributed by atoms with E-state index in [4.69, 9.17) is 19.3 Å². The lowest BCUT2D eigenvalue weighted by atomic mass is 10.2. The molecule has 0 aliphatic carbocycles. The Balaban J connectivity index is 1.36. The van der Waals surface area contributed by atoms with Crippen molar-refractivity contribution in [3.05, 3.63) is 60.1 Å². The van der Waals surface area contributed by atoms with Crippen LogP contribution in [-0.4, -0.2) is 80.7 Å².